The molecule has 0 spiro atoms. The van der Waals surface area contributed by atoms with Gasteiger partial charge in [0.15, 0.2) is 0 Å². The fraction of sp³-hybridized carbons (Fsp3) is 0.250. The molecular weight excluding hydrogens is 426 g/mol. The molecule has 0 aliphatic carbocycles. The van der Waals surface area contributed by atoms with Crippen LogP contribution < -0.4 is 0 Å². The molecule has 1 aliphatic rings. The van der Waals surface area contributed by atoms with Crippen LogP contribution in [-0.4, -0.2) is 20.9 Å². The van der Waals surface area contributed by atoms with E-state index in [1.165, 1.54) is 29.2 Å². The van der Waals surface area contributed by atoms with Gasteiger partial charge >= 0.3 is 6.18 Å². The first-order valence-electron chi connectivity index (χ1n) is 8.97. The summed E-state index contributed by atoms with van der Waals surface area (Å²) in [4.78, 5) is 18.0. The third-order valence-corrected chi connectivity index (χ3v) is 5.15. The van der Waals surface area contributed by atoms with Crippen LogP contribution in [0.15, 0.2) is 47.0 Å². The maximum atomic E-state index is 13.7. The third kappa shape index (κ3) is 4.02. The van der Waals surface area contributed by atoms with Crippen molar-refractivity contribution in [3.05, 3.63) is 70.3 Å². The summed E-state index contributed by atoms with van der Waals surface area (Å²) in [6.07, 6.45) is -3.88. The number of likely N-dealkylation sites (tertiary alicyclic amines) is 1. The lowest BCUT2D eigenvalue weighted by molar-refractivity contribution is -0.137. The molecule has 156 valence electrons. The van der Waals surface area contributed by atoms with Crippen molar-refractivity contribution in [1.82, 2.24) is 15.0 Å². The molecule has 0 bridgehead atoms. The molecule has 0 saturated carbocycles. The molecule has 10 heteroatoms. The number of hydrogen-bond donors (Lipinski definition) is 0. The summed E-state index contributed by atoms with van der Waals surface area (Å²) in [7, 11) is 0. The summed E-state index contributed by atoms with van der Waals surface area (Å²) in [5.41, 5.74) is -0.0988. The summed E-state index contributed by atoms with van der Waals surface area (Å²) < 4.78 is 57.9. The average molecular weight is 440 g/mol. The van der Waals surface area contributed by atoms with Crippen molar-refractivity contribution < 1.29 is 26.9 Å². The zero-order valence-corrected chi connectivity index (χ0v) is 16.0. The van der Waals surface area contributed by atoms with Gasteiger partial charge in [0.2, 0.25) is 17.6 Å². The van der Waals surface area contributed by atoms with Gasteiger partial charge in [-0.1, -0.05) is 28.9 Å². The molecule has 5 nitrogen and oxygen atoms in total. The smallest absolute Gasteiger partial charge is 0.337 e. The molecule has 30 heavy (non-hydrogen) atoms. The molecule has 1 aromatic heterocycles. The van der Waals surface area contributed by atoms with Crippen molar-refractivity contribution in [1.29, 1.82) is 0 Å². The van der Waals surface area contributed by atoms with Gasteiger partial charge in [-0.3, -0.25) is 4.79 Å². The van der Waals surface area contributed by atoms with E-state index in [0.29, 0.717) is 17.5 Å². The number of halogens is 5. The van der Waals surface area contributed by atoms with Crippen LogP contribution in [0.4, 0.5) is 17.6 Å². The Balaban J connectivity index is 1.58. The van der Waals surface area contributed by atoms with E-state index in [9.17, 15) is 22.4 Å². The van der Waals surface area contributed by atoms with Crippen LogP contribution in [-0.2, 0) is 17.5 Å². The van der Waals surface area contributed by atoms with Crippen LogP contribution in [0.5, 0.6) is 0 Å². The van der Waals surface area contributed by atoms with Gasteiger partial charge in [0, 0.05) is 18.5 Å². The molecule has 1 atom stereocenters. The minimum Gasteiger partial charge on any atom is -0.337 e. The highest BCUT2D eigenvalue weighted by Gasteiger charge is 2.37. The highest BCUT2D eigenvalue weighted by atomic mass is 35.5. The lowest BCUT2D eigenvalue weighted by Gasteiger charge is -2.22. The van der Waals surface area contributed by atoms with E-state index in [0.717, 1.165) is 18.2 Å². The molecule has 1 fully saturated rings. The van der Waals surface area contributed by atoms with Crippen molar-refractivity contribution in [3.8, 4) is 11.4 Å². The standard InChI is InChI=1S/C20H14ClF4N3O2/c21-14-5-4-12(9-15(14)22)18-26-19(30-27-18)16-6-7-17(29)28(16)10-11-2-1-3-13(8-11)20(23,24)25/h1-5,8-9,16H,6-7,10H2. The second kappa shape index (κ2) is 7.71. The average Bonchev–Trinajstić information content (AvgIpc) is 3.31. The Kier molecular flexibility index (Phi) is 5.23. The fourth-order valence-corrected chi connectivity index (χ4v) is 3.47. The molecule has 1 aliphatic heterocycles. The topological polar surface area (TPSA) is 59.2 Å². The minimum atomic E-state index is -4.47. The van der Waals surface area contributed by atoms with Crippen molar-refractivity contribution in [2.45, 2.75) is 31.6 Å². The molecule has 1 unspecified atom stereocenters. The first-order chi connectivity index (χ1) is 14.2. The van der Waals surface area contributed by atoms with Gasteiger partial charge in [-0.2, -0.15) is 18.2 Å². The second-order valence-corrected chi connectivity index (χ2v) is 7.27. The van der Waals surface area contributed by atoms with Crippen LogP contribution in [0.2, 0.25) is 5.02 Å². The van der Waals surface area contributed by atoms with E-state index in [1.54, 1.807) is 0 Å². The van der Waals surface area contributed by atoms with E-state index in [1.807, 2.05) is 0 Å². The Hall–Kier alpha value is -2.94. The van der Waals surface area contributed by atoms with Gasteiger partial charge in [0.1, 0.15) is 11.9 Å². The highest BCUT2D eigenvalue weighted by molar-refractivity contribution is 6.30. The van der Waals surface area contributed by atoms with Crippen LogP contribution in [0.3, 0.4) is 0 Å². The summed E-state index contributed by atoms with van der Waals surface area (Å²) in [6, 6.07) is 8.28. The van der Waals surface area contributed by atoms with Crippen LogP contribution >= 0.6 is 11.6 Å². The molecular formula is C20H14ClF4N3O2. The largest absolute Gasteiger partial charge is 0.416 e. The lowest BCUT2D eigenvalue weighted by atomic mass is 10.1. The normalized spacial score (nSPS) is 17.0. The monoisotopic (exact) mass is 439 g/mol. The van der Waals surface area contributed by atoms with Gasteiger partial charge < -0.3 is 9.42 Å². The Bertz CT molecular complexity index is 1100. The first kappa shape index (κ1) is 20.3. The number of hydrogen-bond acceptors (Lipinski definition) is 4. The quantitative estimate of drug-likeness (QED) is 0.510. The molecule has 2 aromatic carbocycles. The molecule has 1 amide bonds. The zero-order valence-electron chi connectivity index (χ0n) is 15.3. The Morgan fingerprint density at radius 2 is 2.00 bits per heavy atom. The SMILES string of the molecule is O=C1CCC(c2nc(-c3ccc(Cl)c(F)c3)no2)N1Cc1cccc(C(F)(F)F)c1. The number of carbonyl (C=O) groups is 1. The van der Waals surface area contributed by atoms with E-state index in [2.05, 4.69) is 10.1 Å². The van der Waals surface area contributed by atoms with Gasteiger partial charge in [-0.15, -0.1) is 0 Å². The van der Waals surface area contributed by atoms with Crippen molar-refractivity contribution in [2.24, 2.45) is 0 Å². The summed E-state index contributed by atoms with van der Waals surface area (Å²) in [5, 5.41) is 3.79. The highest BCUT2D eigenvalue weighted by Crippen LogP contribution is 2.35. The van der Waals surface area contributed by atoms with Gasteiger partial charge in [-0.25, -0.2) is 4.39 Å². The van der Waals surface area contributed by atoms with Crippen molar-refractivity contribution >= 4 is 17.5 Å². The zero-order chi connectivity index (χ0) is 21.5. The Labute approximate surface area is 173 Å². The lowest BCUT2D eigenvalue weighted by Crippen LogP contribution is -2.27. The molecule has 3 aromatic rings. The number of nitrogens with zero attached hydrogens (tertiary/aromatic N) is 3. The molecule has 1 saturated heterocycles. The number of aromatic nitrogens is 2. The van der Waals surface area contributed by atoms with E-state index in [4.69, 9.17) is 16.1 Å². The van der Waals surface area contributed by atoms with Crippen molar-refractivity contribution in [2.75, 3.05) is 0 Å². The van der Waals surface area contributed by atoms with Crippen LogP contribution in [0, 0.1) is 5.82 Å². The number of carbonyl (C=O) groups excluding carboxylic acids is 1. The number of amides is 1. The predicted molar refractivity (Wildman–Crippen MR) is 98.7 cm³/mol. The molecule has 4 rings (SSSR count). The van der Waals surface area contributed by atoms with Crippen LogP contribution in [0.25, 0.3) is 11.4 Å². The van der Waals surface area contributed by atoms with Gasteiger partial charge in [0.05, 0.1) is 10.6 Å². The van der Waals surface area contributed by atoms with E-state index < -0.39 is 23.6 Å². The van der Waals surface area contributed by atoms with E-state index in [-0.39, 0.29) is 35.6 Å². The fourth-order valence-electron chi connectivity index (χ4n) is 3.35. The Morgan fingerprint density at radius 3 is 2.73 bits per heavy atom. The molecule has 2 heterocycles. The summed E-state index contributed by atoms with van der Waals surface area (Å²) in [6.45, 7) is -0.0271. The van der Waals surface area contributed by atoms with Crippen molar-refractivity contribution in [3.63, 3.8) is 0 Å². The maximum absolute atomic E-state index is 13.7. The van der Waals surface area contributed by atoms with Crippen LogP contribution in [0.1, 0.15) is 35.9 Å². The van der Waals surface area contributed by atoms with E-state index >= 15 is 0 Å². The second-order valence-electron chi connectivity index (χ2n) is 6.86. The number of alkyl halides is 3. The minimum absolute atomic E-state index is 0.0271. The van der Waals surface area contributed by atoms with Gasteiger partial charge in [-0.05, 0) is 42.3 Å². The summed E-state index contributed by atoms with van der Waals surface area (Å²) >= 11 is 5.67. The summed E-state index contributed by atoms with van der Waals surface area (Å²) in [5.74, 6) is -0.602. The third-order valence-electron chi connectivity index (χ3n) is 4.84. The maximum Gasteiger partial charge on any atom is 0.416 e. The molecule has 0 N–H and O–H groups in total. The van der Waals surface area contributed by atoms with Gasteiger partial charge in [0.25, 0.3) is 0 Å². The first-order valence-corrected chi connectivity index (χ1v) is 9.35. The molecule has 0 radical (unpaired) electrons. The Morgan fingerprint density at radius 1 is 1.20 bits per heavy atom. The predicted octanol–water partition coefficient (Wildman–Crippen LogP) is 5.41. The number of rotatable bonds is 4. The number of benzene rings is 2.